The summed E-state index contributed by atoms with van der Waals surface area (Å²) in [5.74, 6) is 1.94. The van der Waals surface area contributed by atoms with Gasteiger partial charge in [0.15, 0.2) is 17.3 Å². The molecule has 0 unspecified atom stereocenters. The van der Waals surface area contributed by atoms with Crippen LogP contribution in [0.1, 0.15) is 29.3 Å². The first-order chi connectivity index (χ1) is 20.3. The average Bonchev–Trinajstić information content (AvgIpc) is 3.00. The first kappa shape index (κ1) is 30.7. The van der Waals surface area contributed by atoms with Crippen molar-refractivity contribution in [3.8, 4) is 34.1 Å². The van der Waals surface area contributed by atoms with E-state index in [0.717, 1.165) is 50.4 Å². The van der Waals surface area contributed by atoms with Gasteiger partial charge in [-0.25, -0.2) is 4.79 Å². The summed E-state index contributed by atoms with van der Waals surface area (Å²) in [7, 11) is 4.59. The minimum atomic E-state index is -0.426. The number of anilines is 2. The second kappa shape index (κ2) is 14.6. The lowest BCUT2D eigenvalue weighted by molar-refractivity contribution is 0.0358. The molecule has 10 nitrogen and oxygen atoms in total. The summed E-state index contributed by atoms with van der Waals surface area (Å²) in [6.07, 6.45) is 0.905. The number of ketones is 1. The molecule has 10 heteroatoms. The number of ether oxygens (including phenoxy) is 5. The number of amides is 2. The highest BCUT2D eigenvalue weighted by Crippen LogP contribution is 2.42. The Hall–Kier alpha value is -4.28. The number of benzene rings is 3. The molecular formula is C32H39N3O7. The molecule has 1 aliphatic rings. The summed E-state index contributed by atoms with van der Waals surface area (Å²) in [6.45, 7) is 8.42. The van der Waals surface area contributed by atoms with E-state index in [-0.39, 0.29) is 5.78 Å². The number of nitrogens with one attached hydrogen (secondary N) is 2. The number of morpholine rings is 1. The molecule has 0 aliphatic carbocycles. The molecule has 0 radical (unpaired) electrons. The van der Waals surface area contributed by atoms with E-state index in [1.807, 2.05) is 25.1 Å². The van der Waals surface area contributed by atoms with Crippen molar-refractivity contribution in [2.75, 3.05) is 71.4 Å². The van der Waals surface area contributed by atoms with Crippen LogP contribution in [-0.2, 0) is 4.74 Å². The number of urea groups is 1. The van der Waals surface area contributed by atoms with Crippen LogP contribution in [-0.4, -0.2) is 77.5 Å². The van der Waals surface area contributed by atoms with Gasteiger partial charge in [-0.2, -0.15) is 0 Å². The van der Waals surface area contributed by atoms with Crippen LogP contribution in [0.4, 0.5) is 16.2 Å². The van der Waals surface area contributed by atoms with Gasteiger partial charge in [-0.05, 0) is 55.7 Å². The number of hydrogen-bond donors (Lipinski definition) is 2. The lowest BCUT2D eigenvalue weighted by Crippen LogP contribution is -2.37. The Morgan fingerprint density at radius 1 is 0.905 bits per heavy atom. The standard InChI is InChI=1S/C32H39N3O7/c1-21-7-9-25(42-14-6-11-35-12-15-41-16-13-35)20-28(21)34-32(37)33-24-18-27(31(40-5)30(19-24)39-4)23-8-10-26(22(2)36)29(17-23)38-3/h7-10,17-20H,6,11-16H2,1-5H3,(H2,33,34,37). The zero-order chi connectivity index (χ0) is 30.1. The fourth-order valence-electron chi connectivity index (χ4n) is 4.81. The number of hydrogen-bond acceptors (Lipinski definition) is 8. The topological polar surface area (TPSA) is 108 Å². The first-order valence-electron chi connectivity index (χ1n) is 13.9. The maximum atomic E-state index is 13.1. The van der Waals surface area contributed by atoms with Crippen LogP contribution in [0, 0.1) is 6.92 Å². The van der Waals surface area contributed by atoms with Gasteiger partial charge in [-0.1, -0.05) is 12.1 Å². The van der Waals surface area contributed by atoms with Crippen molar-refractivity contribution in [3.05, 3.63) is 59.7 Å². The van der Waals surface area contributed by atoms with Crippen LogP contribution >= 0.6 is 0 Å². The Kier molecular flexibility index (Phi) is 10.6. The Morgan fingerprint density at radius 2 is 1.67 bits per heavy atom. The summed E-state index contributed by atoms with van der Waals surface area (Å²) < 4.78 is 28.0. The molecular weight excluding hydrogens is 538 g/mol. The third-order valence-corrected chi connectivity index (χ3v) is 7.08. The number of Topliss-reactive ketones (excluding diaryl/α,β-unsaturated/α-hetero) is 1. The number of methoxy groups -OCH3 is 3. The molecule has 2 amide bonds. The van der Waals surface area contributed by atoms with Gasteiger partial charge in [0.2, 0.25) is 0 Å². The highest BCUT2D eigenvalue weighted by molar-refractivity contribution is 6.01. The van der Waals surface area contributed by atoms with E-state index in [0.29, 0.717) is 52.1 Å². The molecule has 1 heterocycles. The van der Waals surface area contributed by atoms with E-state index < -0.39 is 6.03 Å². The molecule has 0 saturated carbocycles. The van der Waals surface area contributed by atoms with Gasteiger partial charge >= 0.3 is 6.03 Å². The zero-order valence-electron chi connectivity index (χ0n) is 24.9. The number of aryl methyl sites for hydroxylation is 1. The smallest absolute Gasteiger partial charge is 0.323 e. The van der Waals surface area contributed by atoms with Crippen molar-refractivity contribution in [2.45, 2.75) is 20.3 Å². The summed E-state index contributed by atoms with van der Waals surface area (Å²) >= 11 is 0. The molecule has 0 aromatic heterocycles. The van der Waals surface area contributed by atoms with Gasteiger partial charge in [0.1, 0.15) is 11.5 Å². The van der Waals surface area contributed by atoms with Crippen molar-refractivity contribution in [3.63, 3.8) is 0 Å². The molecule has 224 valence electrons. The van der Waals surface area contributed by atoms with E-state index >= 15 is 0 Å². The minimum absolute atomic E-state index is 0.104. The summed E-state index contributed by atoms with van der Waals surface area (Å²) in [5, 5.41) is 5.82. The fraction of sp³-hybridized carbons (Fsp3) is 0.375. The highest BCUT2D eigenvalue weighted by atomic mass is 16.5. The van der Waals surface area contributed by atoms with Crippen LogP contribution in [0.2, 0.25) is 0 Å². The van der Waals surface area contributed by atoms with Crippen LogP contribution in [0.15, 0.2) is 48.5 Å². The van der Waals surface area contributed by atoms with Crippen LogP contribution in [0.5, 0.6) is 23.0 Å². The molecule has 0 spiro atoms. The SMILES string of the molecule is COc1cc(-c2cc(NC(=O)Nc3cc(OCCCN4CCOCC4)ccc3C)cc(OC)c2OC)ccc1C(C)=O. The Balaban J connectivity index is 1.47. The van der Waals surface area contributed by atoms with Gasteiger partial charge in [0.25, 0.3) is 0 Å². The van der Waals surface area contributed by atoms with Crippen molar-refractivity contribution in [2.24, 2.45) is 0 Å². The minimum Gasteiger partial charge on any atom is -0.496 e. The monoisotopic (exact) mass is 577 g/mol. The summed E-state index contributed by atoms with van der Waals surface area (Å²) in [4.78, 5) is 27.5. The molecule has 1 saturated heterocycles. The molecule has 0 atom stereocenters. The number of nitrogens with zero attached hydrogens (tertiary/aromatic N) is 1. The quantitative estimate of drug-likeness (QED) is 0.211. The Bertz CT molecular complexity index is 1400. The second-order valence-electron chi connectivity index (χ2n) is 9.94. The summed E-state index contributed by atoms with van der Waals surface area (Å²) in [6, 6.07) is 13.9. The molecule has 3 aromatic rings. The maximum Gasteiger partial charge on any atom is 0.323 e. The molecule has 42 heavy (non-hydrogen) atoms. The lowest BCUT2D eigenvalue weighted by Gasteiger charge is -2.26. The third kappa shape index (κ3) is 7.71. The van der Waals surface area contributed by atoms with Crippen molar-refractivity contribution in [1.82, 2.24) is 4.90 Å². The number of rotatable bonds is 12. The molecule has 1 fully saturated rings. The van der Waals surface area contributed by atoms with Crippen molar-refractivity contribution >= 4 is 23.2 Å². The third-order valence-electron chi connectivity index (χ3n) is 7.08. The predicted octanol–water partition coefficient (Wildman–Crippen LogP) is 5.64. The molecule has 2 N–H and O–H groups in total. The van der Waals surface area contributed by atoms with E-state index in [1.165, 1.54) is 21.1 Å². The van der Waals surface area contributed by atoms with E-state index in [4.69, 9.17) is 23.7 Å². The van der Waals surface area contributed by atoms with Crippen molar-refractivity contribution < 1.29 is 33.3 Å². The largest absolute Gasteiger partial charge is 0.496 e. The Morgan fingerprint density at radius 3 is 2.36 bits per heavy atom. The zero-order valence-corrected chi connectivity index (χ0v) is 24.9. The lowest BCUT2D eigenvalue weighted by atomic mass is 9.99. The summed E-state index contributed by atoms with van der Waals surface area (Å²) in [5.41, 5.74) is 3.89. The van der Waals surface area contributed by atoms with Gasteiger partial charge in [0.05, 0.1) is 46.7 Å². The highest BCUT2D eigenvalue weighted by Gasteiger charge is 2.18. The molecule has 4 rings (SSSR count). The number of carbonyl (C=O) groups is 2. The van der Waals surface area contributed by atoms with Crippen LogP contribution in [0.25, 0.3) is 11.1 Å². The average molecular weight is 578 g/mol. The Labute approximate surface area is 246 Å². The van der Waals surface area contributed by atoms with Crippen LogP contribution < -0.4 is 29.6 Å². The predicted molar refractivity (Wildman–Crippen MR) is 163 cm³/mol. The molecule has 3 aromatic carbocycles. The maximum absolute atomic E-state index is 13.1. The van der Waals surface area contributed by atoms with Gasteiger partial charge in [-0.15, -0.1) is 0 Å². The van der Waals surface area contributed by atoms with Crippen LogP contribution in [0.3, 0.4) is 0 Å². The van der Waals surface area contributed by atoms with Gasteiger partial charge < -0.3 is 34.3 Å². The molecule has 0 bridgehead atoms. The molecule has 1 aliphatic heterocycles. The first-order valence-corrected chi connectivity index (χ1v) is 13.9. The fourth-order valence-corrected chi connectivity index (χ4v) is 4.81. The van der Waals surface area contributed by atoms with Gasteiger partial charge in [0, 0.05) is 48.7 Å². The van der Waals surface area contributed by atoms with E-state index in [2.05, 4.69) is 15.5 Å². The van der Waals surface area contributed by atoms with Gasteiger partial charge in [-0.3, -0.25) is 9.69 Å². The second-order valence-corrected chi connectivity index (χ2v) is 9.94. The van der Waals surface area contributed by atoms with Crippen molar-refractivity contribution in [1.29, 1.82) is 0 Å². The normalized spacial score (nSPS) is 13.3. The van der Waals surface area contributed by atoms with E-state index in [1.54, 1.807) is 37.4 Å². The number of carbonyl (C=O) groups excluding carboxylic acids is 2. The van der Waals surface area contributed by atoms with E-state index in [9.17, 15) is 9.59 Å².